The van der Waals surface area contributed by atoms with Crippen LogP contribution in [0.15, 0.2) is 29.3 Å². The van der Waals surface area contributed by atoms with Crippen molar-refractivity contribution in [3.63, 3.8) is 0 Å². The number of thiazole rings is 1. The van der Waals surface area contributed by atoms with Gasteiger partial charge in [-0.3, -0.25) is 19.2 Å². The van der Waals surface area contributed by atoms with Gasteiger partial charge >= 0.3 is 0 Å². The minimum absolute atomic E-state index is 0.150. The molecule has 3 heterocycles. The van der Waals surface area contributed by atoms with Gasteiger partial charge in [0.05, 0.1) is 17.2 Å². The highest BCUT2D eigenvalue weighted by atomic mass is 32.1. The Bertz CT molecular complexity index is 1310. The largest absolute Gasteiger partial charge is 0.348 e. The number of carbonyl (C=O) groups excluding carboxylic acids is 4. The number of nitrogens with zero attached hydrogens (tertiary/aromatic N) is 4. The van der Waals surface area contributed by atoms with Crippen LogP contribution in [-0.4, -0.2) is 101 Å². The minimum Gasteiger partial charge on any atom is -0.348 e. The number of likely N-dealkylation sites (N-methyl/N-ethyl adjacent to an activating group) is 1. The molecule has 10 nitrogen and oxygen atoms in total. The van der Waals surface area contributed by atoms with Gasteiger partial charge in [0.25, 0.3) is 0 Å². The molecule has 3 aliphatic rings. The summed E-state index contributed by atoms with van der Waals surface area (Å²) in [5.41, 5.74) is 3.50. The SMILES string of the molecule is Cc1ncsc1C1C=CC(C(C)NC(=O)C2CCCN2C(=O)C(NC(=O)CCCCCCC(=O)N2CCN(C)CC2)C(C)(C)C)=CC1. The zero-order valence-electron chi connectivity index (χ0n) is 29.3. The third-order valence-corrected chi connectivity index (χ3v) is 10.8. The maximum absolute atomic E-state index is 13.9. The smallest absolute Gasteiger partial charge is 0.246 e. The Balaban J connectivity index is 1.22. The Kier molecular flexibility index (Phi) is 13.2. The number of aromatic nitrogens is 1. The average Bonchev–Trinajstić information content (AvgIpc) is 3.70. The summed E-state index contributed by atoms with van der Waals surface area (Å²) in [7, 11) is 2.08. The molecule has 1 aliphatic carbocycles. The van der Waals surface area contributed by atoms with E-state index < -0.39 is 17.5 Å². The van der Waals surface area contributed by atoms with Crippen LogP contribution in [0.1, 0.15) is 102 Å². The zero-order chi connectivity index (χ0) is 34.1. The number of aryl methyl sites for hydroxylation is 1. The summed E-state index contributed by atoms with van der Waals surface area (Å²) in [6.45, 7) is 13.8. The van der Waals surface area contributed by atoms with Gasteiger partial charge in [-0.05, 0) is 64.0 Å². The number of rotatable bonds is 13. The molecule has 1 aromatic heterocycles. The maximum Gasteiger partial charge on any atom is 0.246 e. The molecular weight excluding hydrogens is 613 g/mol. The normalized spacial score (nSPS) is 21.7. The molecule has 2 saturated heterocycles. The summed E-state index contributed by atoms with van der Waals surface area (Å²) in [6, 6.07) is -1.46. The van der Waals surface area contributed by atoms with E-state index in [1.54, 1.807) is 16.2 Å². The average molecular weight is 669 g/mol. The van der Waals surface area contributed by atoms with Crippen LogP contribution >= 0.6 is 11.3 Å². The molecule has 0 spiro atoms. The van der Waals surface area contributed by atoms with E-state index in [1.165, 1.54) is 4.88 Å². The molecule has 2 N–H and O–H groups in total. The summed E-state index contributed by atoms with van der Waals surface area (Å²) in [6.07, 6.45) is 12.9. The third kappa shape index (κ3) is 10.2. The number of amides is 4. The second-order valence-electron chi connectivity index (χ2n) is 14.6. The molecule has 260 valence electrons. The first-order valence-corrected chi connectivity index (χ1v) is 18.4. The van der Waals surface area contributed by atoms with Crippen molar-refractivity contribution in [3.8, 4) is 0 Å². The molecular formula is C36H56N6O4S. The van der Waals surface area contributed by atoms with Crippen molar-refractivity contribution in [2.24, 2.45) is 5.41 Å². The lowest BCUT2D eigenvalue weighted by atomic mass is 9.85. The van der Waals surface area contributed by atoms with E-state index in [4.69, 9.17) is 0 Å². The predicted octanol–water partition coefficient (Wildman–Crippen LogP) is 4.56. The summed E-state index contributed by atoms with van der Waals surface area (Å²) >= 11 is 1.68. The Labute approximate surface area is 285 Å². The van der Waals surface area contributed by atoms with Gasteiger partial charge in [0.15, 0.2) is 0 Å². The second kappa shape index (κ2) is 16.9. The minimum atomic E-state index is -0.724. The zero-order valence-corrected chi connectivity index (χ0v) is 30.2. The van der Waals surface area contributed by atoms with E-state index in [9.17, 15) is 19.2 Å². The number of hydrogen-bond acceptors (Lipinski definition) is 7. The molecule has 4 unspecified atom stereocenters. The number of nitrogens with one attached hydrogen (secondary N) is 2. The van der Waals surface area contributed by atoms with E-state index >= 15 is 0 Å². The van der Waals surface area contributed by atoms with Crippen molar-refractivity contribution < 1.29 is 19.2 Å². The molecule has 11 heteroatoms. The first-order chi connectivity index (χ1) is 22.3. The number of hydrogen-bond donors (Lipinski definition) is 2. The summed E-state index contributed by atoms with van der Waals surface area (Å²) in [5, 5.41) is 6.16. The second-order valence-corrected chi connectivity index (χ2v) is 15.5. The van der Waals surface area contributed by atoms with Crippen molar-refractivity contribution in [1.29, 1.82) is 0 Å². The summed E-state index contributed by atoms with van der Waals surface area (Å²) in [5.74, 6) is 0.0407. The Morgan fingerprint density at radius 1 is 1.00 bits per heavy atom. The monoisotopic (exact) mass is 668 g/mol. The summed E-state index contributed by atoms with van der Waals surface area (Å²) in [4.78, 5) is 64.4. The summed E-state index contributed by atoms with van der Waals surface area (Å²) < 4.78 is 0. The Morgan fingerprint density at radius 3 is 2.32 bits per heavy atom. The van der Waals surface area contributed by atoms with Crippen molar-refractivity contribution >= 4 is 35.0 Å². The van der Waals surface area contributed by atoms with E-state index in [2.05, 4.69) is 45.8 Å². The van der Waals surface area contributed by atoms with Crippen LogP contribution in [0.3, 0.4) is 0 Å². The molecule has 0 radical (unpaired) electrons. The number of unbranched alkanes of at least 4 members (excludes halogenated alkanes) is 3. The van der Waals surface area contributed by atoms with Crippen LogP contribution in [0.25, 0.3) is 0 Å². The fourth-order valence-corrected chi connectivity index (χ4v) is 7.59. The quantitative estimate of drug-likeness (QED) is 0.298. The van der Waals surface area contributed by atoms with E-state index in [0.717, 1.165) is 69.6 Å². The number of piperazine rings is 1. The lowest BCUT2D eigenvalue weighted by Crippen LogP contribution is -2.58. The van der Waals surface area contributed by atoms with Gasteiger partial charge in [0, 0.05) is 56.4 Å². The van der Waals surface area contributed by atoms with E-state index in [0.29, 0.717) is 38.1 Å². The highest BCUT2D eigenvalue weighted by molar-refractivity contribution is 7.09. The van der Waals surface area contributed by atoms with Gasteiger partial charge in [-0.2, -0.15) is 0 Å². The van der Waals surface area contributed by atoms with Gasteiger partial charge < -0.3 is 25.3 Å². The lowest BCUT2D eigenvalue weighted by molar-refractivity contribution is -0.144. The molecule has 2 aliphatic heterocycles. The van der Waals surface area contributed by atoms with Crippen LogP contribution in [0.5, 0.6) is 0 Å². The first-order valence-electron chi connectivity index (χ1n) is 17.5. The molecule has 1 aromatic rings. The highest BCUT2D eigenvalue weighted by Crippen LogP contribution is 2.32. The van der Waals surface area contributed by atoms with Crippen LogP contribution in [0.2, 0.25) is 0 Å². The van der Waals surface area contributed by atoms with Crippen LogP contribution in [-0.2, 0) is 19.2 Å². The van der Waals surface area contributed by atoms with Gasteiger partial charge in [-0.1, -0.05) is 51.8 Å². The van der Waals surface area contributed by atoms with Crippen molar-refractivity contribution in [2.45, 2.75) is 116 Å². The standard InChI is InChI=1S/C36H56N6O4S/c1-25(27-15-17-28(18-16-27)32-26(2)37-24-47-32)38-34(45)29-12-11-19-42(29)35(46)33(36(3,4)5)39-30(43)13-9-7-8-10-14-31(44)41-22-20-40(6)21-23-41/h15-17,24-25,28-29,33H,7-14,18-23H2,1-6H3,(H,38,45)(H,39,43). The molecule has 47 heavy (non-hydrogen) atoms. The maximum atomic E-state index is 13.9. The molecule has 2 fully saturated rings. The third-order valence-electron chi connectivity index (χ3n) is 9.76. The van der Waals surface area contributed by atoms with Gasteiger partial charge in [0.2, 0.25) is 23.6 Å². The predicted molar refractivity (Wildman–Crippen MR) is 187 cm³/mol. The molecule has 4 rings (SSSR count). The number of likely N-dealkylation sites (tertiary alicyclic amines) is 1. The molecule has 0 aromatic carbocycles. The van der Waals surface area contributed by atoms with Crippen molar-refractivity contribution in [3.05, 3.63) is 39.9 Å². The van der Waals surface area contributed by atoms with E-state index in [-0.39, 0.29) is 29.7 Å². The van der Waals surface area contributed by atoms with Gasteiger partial charge in [-0.25, -0.2) is 4.98 Å². The fourth-order valence-electron chi connectivity index (χ4n) is 6.69. The van der Waals surface area contributed by atoms with Crippen LogP contribution in [0.4, 0.5) is 0 Å². The number of carbonyl (C=O) groups is 4. The molecule has 0 bridgehead atoms. The van der Waals surface area contributed by atoms with Gasteiger partial charge in [-0.15, -0.1) is 11.3 Å². The Morgan fingerprint density at radius 2 is 1.70 bits per heavy atom. The number of allylic oxidation sites excluding steroid dienone is 2. The lowest BCUT2D eigenvalue weighted by Gasteiger charge is -2.35. The molecule has 4 atom stereocenters. The van der Waals surface area contributed by atoms with E-state index in [1.807, 2.05) is 45.0 Å². The topological polar surface area (TPSA) is 115 Å². The highest BCUT2D eigenvalue weighted by Gasteiger charge is 2.42. The fraction of sp³-hybridized carbons (Fsp3) is 0.694. The molecule has 4 amide bonds. The van der Waals surface area contributed by atoms with Crippen molar-refractivity contribution in [1.82, 2.24) is 30.3 Å². The van der Waals surface area contributed by atoms with Gasteiger partial charge in [0.1, 0.15) is 12.1 Å². The van der Waals surface area contributed by atoms with Crippen LogP contribution in [0, 0.1) is 12.3 Å². The van der Waals surface area contributed by atoms with Crippen LogP contribution < -0.4 is 10.6 Å². The first kappa shape index (κ1) is 36.8. The molecule has 0 saturated carbocycles. The van der Waals surface area contributed by atoms with Crippen molar-refractivity contribution in [2.75, 3.05) is 39.8 Å². The Hall–Kier alpha value is -3.05.